The molecule has 11 heteroatoms. The second kappa shape index (κ2) is 12.6. The van der Waals surface area contributed by atoms with Gasteiger partial charge in [-0.2, -0.15) is 0 Å². The molecule has 44 heavy (non-hydrogen) atoms. The first-order valence-corrected chi connectivity index (χ1v) is 16.0. The number of fused-ring (bicyclic) bond motifs is 3. The summed E-state index contributed by atoms with van der Waals surface area (Å²) in [6, 6.07) is 26.5. The average Bonchev–Trinajstić information content (AvgIpc) is 3.36. The number of carbonyl (C=O) groups is 2. The van der Waals surface area contributed by atoms with Gasteiger partial charge < -0.3 is 14.8 Å². The molecule has 0 radical (unpaired) electrons. The van der Waals surface area contributed by atoms with Gasteiger partial charge in [-0.15, -0.1) is 23.4 Å². The molecule has 1 N–H and O–H groups in total. The summed E-state index contributed by atoms with van der Waals surface area (Å²) >= 11 is 12.2. The zero-order valence-electron chi connectivity index (χ0n) is 23.3. The average molecular weight is 694 g/mol. The molecule has 1 saturated carbocycles. The Kier molecular flexibility index (Phi) is 8.66. The van der Waals surface area contributed by atoms with Crippen molar-refractivity contribution in [3.63, 3.8) is 0 Å². The topological polar surface area (TPSA) is 108 Å². The second-order valence-corrected chi connectivity index (χ2v) is 13.3. The molecule has 0 amide bonds. The standard InChI is InChI=1S/C33H26BrClN2O6S/c1-42-33(39)21-6-2-4-8-26(21)43-32(38)19-12-15-24-22(16-19)29-23(31(36-24)18-10-13-20(34)14-11-18)17-28(30(29)35)44-27-9-5-3-7-25(27)37(40)41/h2-16,23,28-31,36H,17H2,1H3/t23-,28-,29-,30-,31-/m0/s1. The maximum atomic E-state index is 13.4. The van der Waals surface area contributed by atoms with Crippen molar-refractivity contribution in [2.45, 2.75) is 33.9 Å². The highest BCUT2D eigenvalue weighted by Crippen LogP contribution is 2.58. The maximum Gasteiger partial charge on any atom is 0.343 e. The van der Waals surface area contributed by atoms with Gasteiger partial charge in [0.2, 0.25) is 0 Å². The van der Waals surface area contributed by atoms with Crippen molar-refractivity contribution in [2.75, 3.05) is 12.4 Å². The molecule has 4 aromatic carbocycles. The summed E-state index contributed by atoms with van der Waals surface area (Å²) in [6.45, 7) is 0. The normalized spacial score (nSPS) is 21.8. The third-order valence-corrected chi connectivity index (χ3v) is 10.8. The van der Waals surface area contributed by atoms with Gasteiger partial charge in [0, 0.05) is 27.4 Å². The highest BCUT2D eigenvalue weighted by atomic mass is 79.9. The highest BCUT2D eigenvalue weighted by Gasteiger charge is 2.50. The van der Waals surface area contributed by atoms with Crippen molar-refractivity contribution in [1.82, 2.24) is 0 Å². The minimum absolute atomic E-state index is 0.0396. The molecule has 6 rings (SSSR count). The molecule has 224 valence electrons. The Hall–Kier alpha value is -3.86. The Labute approximate surface area is 271 Å². The Morgan fingerprint density at radius 1 is 1.00 bits per heavy atom. The van der Waals surface area contributed by atoms with Gasteiger partial charge >= 0.3 is 11.9 Å². The third-order valence-electron chi connectivity index (χ3n) is 8.11. The van der Waals surface area contributed by atoms with E-state index in [1.165, 1.54) is 31.0 Å². The largest absolute Gasteiger partial charge is 0.465 e. The number of anilines is 1. The number of hydrogen-bond acceptors (Lipinski definition) is 8. The lowest BCUT2D eigenvalue weighted by Gasteiger charge is -2.38. The van der Waals surface area contributed by atoms with E-state index in [0.717, 1.165) is 21.3 Å². The smallest absolute Gasteiger partial charge is 0.343 e. The first-order valence-electron chi connectivity index (χ1n) is 13.8. The molecule has 1 fully saturated rings. The number of nitrogens with one attached hydrogen (secondary N) is 1. The van der Waals surface area contributed by atoms with Gasteiger partial charge in [-0.3, -0.25) is 10.1 Å². The number of alkyl halides is 1. The third kappa shape index (κ3) is 5.81. The molecular weight excluding hydrogens is 668 g/mol. The van der Waals surface area contributed by atoms with Gasteiger partial charge in [0.1, 0.15) is 11.3 Å². The number of thioether (sulfide) groups is 1. The predicted molar refractivity (Wildman–Crippen MR) is 173 cm³/mol. The van der Waals surface area contributed by atoms with Crippen LogP contribution in [0.25, 0.3) is 0 Å². The first kappa shape index (κ1) is 30.2. The molecule has 0 saturated heterocycles. The van der Waals surface area contributed by atoms with Crippen molar-refractivity contribution >= 4 is 62.6 Å². The Balaban J connectivity index is 1.35. The zero-order chi connectivity index (χ0) is 31.0. The van der Waals surface area contributed by atoms with Crippen LogP contribution < -0.4 is 10.1 Å². The monoisotopic (exact) mass is 692 g/mol. The summed E-state index contributed by atoms with van der Waals surface area (Å²) in [7, 11) is 1.26. The van der Waals surface area contributed by atoms with Crippen molar-refractivity contribution in [1.29, 1.82) is 0 Å². The lowest BCUT2D eigenvalue weighted by atomic mass is 9.77. The van der Waals surface area contributed by atoms with Crippen LogP contribution in [0.15, 0.2) is 100 Å². The fraction of sp³-hybridized carbons (Fsp3) is 0.212. The summed E-state index contributed by atoms with van der Waals surface area (Å²) in [6.07, 6.45) is 0.698. The molecule has 0 aromatic heterocycles. The van der Waals surface area contributed by atoms with E-state index in [-0.39, 0.29) is 50.4 Å². The summed E-state index contributed by atoms with van der Waals surface area (Å²) in [5.41, 5.74) is 3.34. The molecule has 2 aliphatic rings. The molecule has 1 aliphatic heterocycles. The van der Waals surface area contributed by atoms with E-state index < -0.39 is 11.9 Å². The molecule has 1 aliphatic carbocycles. The Morgan fingerprint density at radius 3 is 2.48 bits per heavy atom. The number of methoxy groups -OCH3 is 1. The molecule has 5 atom stereocenters. The van der Waals surface area contributed by atoms with Crippen LogP contribution in [0.4, 0.5) is 11.4 Å². The predicted octanol–water partition coefficient (Wildman–Crippen LogP) is 8.40. The van der Waals surface area contributed by atoms with Crippen molar-refractivity contribution in [2.24, 2.45) is 5.92 Å². The van der Waals surface area contributed by atoms with Gasteiger partial charge in [0.05, 0.1) is 33.9 Å². The first-order chi connectivity index (χ1) is 21.2. The minimum Gasteiger partial charge on any atom is -0.465 e. The van der Waals surface area contributed by atoms with Crippen LogP contribution in [-0.2, 0) is 4.74 Å². The summed E-state index contributed by atoms with van der Waals surface area (Å²) in [5, 5.41) is 14.9. The van der Waals surface area contributed by atoms with Gasteiger partial charge in [-0.05, 0) is 72.0 Å². The number of nitrogens with zero attached hydrogens (tertiary/aromatic N) is 1. The van der Waals surface area contributed by atoms with E-state index in [2.05, 4.69) is 33.4 Å². The number of halogens is 2. The number of rotatable bonds is 7. The lowest BCUT2D eigenvalue weighted by molar-refractivity contribution is -0.387. The fourth-order valence-electron chi connectivity index (χ4n) is 6.11. The molecule has 1 heterocycles. The number of carbonyl (C=O) groups excluding carboxylic acids is 2. The van der Waals surface area contributed by atoms with Gasteiger partial charge in [-0.25, -0.2) is 9.59 Å². The van der Waals surface area contributed by atoms with E-state index in [0.29, 0.717) is 16.9 Å². The van der Waals surface area contributed by atoms with Crippen LogP contribution in [0.5, 0.6) is 5.75 Å². The van der Waals surface area contributed by atoms with E-state index in [1.807, 2.05) is 18.2 Å². The van der Waals surface area contributed by atoms with Crippen molar-refractivity contribution in [3.8, 4) is 5.75 Å². The molecule has 4 aromatic rings. The van der Waals surface area contributed by atoms with E-state index >= 15 is 0 Å². The Morgan fingerprint density at radius 2 is 1.73 bits per heavy atom. The molecule has 0 unspecified atom stereocenters. The summed E-state index contributed by atoms with van der Waals surface area (Å²) in [5.74, 6) is -1.24. The number of esters is 2. The van der Waals surface area contributed by atoms with Crippen LogP contribution >= 0.6 is 39.3 Å². The van der Waals surface area contributed by atoms with E-state index in [4.69, 9.17) is 21.1 Å². The molecular formula is C33H26BrClN2O6S. The van der Waals surface area contributed by atoms with Gasteiger partial charge in [-0.1, -0.05) is 52.3 Å². The fourth-order valence-corrected chi connectivity index (χ4v) is 8.32. The highest BCUT2D eigenvalue weighted by molar-refractivity contribution is 9.10. The number of hydrogen-bond donors (Lipinski definition) is 1. The summed E-state index contributed by atoms with van der Waals surface area (Å²) in [4.78, 5) is 37.5. The number of nitro groups is 1. The minimum atomic E-state index is -0.620. The van der Waals surface area contributed by atoms with Crippen LogP contribution in [-0.4, -0.2) is 34.6 Å². The van der Waals surface area contributed by atoms with Gasteiger partial charge in [0.15, 0.2) is 0 Å². The van der Waals surface area contributed by atoms with Crippen molar-refractivity contribution < 1.29 is 24.0 Å². The second-order valence-electron chi connectivity index (χ2n) is 10.6. The molecule has 0 spiro atoms. The SMILES string of the molecule is COC(=O)c1ccccc1OC(=O)c1ccc2c(c1)[C@@H]1[C@@H](Cl)[C@@H](Sc3ccccc3[N+](=O)[O-])C[C@@H]1[C@H](c1ccc(Br)cc1)N2. The van der Waals surface area contributed by atoms with E-state index in [9.17, 15) is 19.7 Å². The van der Waals surface area contributed by atoms with E-state index in [1.54, 1.807) is 48.5 Å². The molecule has 8 nitrogen and oxygen atoms in total. The number of para-hydroxylation sites is 2. The number of nitro benzene ring substituents is 1. The maximum absolute atomic E-state index is 13.4. The lowest BCUT2D eigenvalue weighted by Crippen LogP contribution is -2.31. The zero-order valence-corrected chi connectivity index (χ0v) is 26.5. The number of benzene rings is 4. The van der Waals surface area contributed by atoms with Crippen LogP contribution in [0.2, 0.25) is 0 Å². The van der Waals surface area contributed by atoms with Crippen LogP contribution in [0.1, 0.15) is 50.2 Å². The molecule has 0 bridgehead atoms. The van der Waals surface area contributed by atoms with Gasteiger partial charge in [0.25, 0.3) is 5.69 Å². The number of ether oxygens (including phenoxy) is 2. The quantitative estimate of drug-likeness (QED) is 0.0676. The van der Waals surface area contributed by atoms with Crippen LogP contribution in [0, 0.1) is 16.0 Å². The van der Waals surface area contributed by atoms with Crippen molar-refractivity contribution in [3.05, 3.63) is 128 Å². The summed E-state index contributed by atoms with van der Waals surface area (Å²) < 4.78 is 11.5. The Bertz CT molecular complexity index is 1750. The van der Waals surface area contributed by atoms with Crippen LogP contribution in [0.3, 0.4) is 0 Å².